The van der Waals surface area contributed by atoms with Crippen LogP contribution in [0.4, 0.5) is 8.78 Å². The third kappa shape index (κ3) is 5.77. The summed E-state index contributed by atoms with van der Waals surface area (Å²) >= 11 is 6.39. The van der Waals surface area contributed by atoms with Gasteiger partial charge < -0.3 is 14.7 Å². The quantitative estimate of drug-likeness (QED) is 0.286. The molecule has 44 heavy (non-hydrogen) atoms. The van der Waals surface area contributed by atoms with Gasteiger partial charge in [-0.15, -0.1) is 0 Å². The smallest absolute Gasteiger partial charge is 0.233 e. The summed E-state index contributed by atoms with van der Waals surface area (Å²) in [5.41, 5.74) is 0.917. The molecule has 0 radical (unpaired) electrons. The van der Waals surface area contributed by atoms with E-state index < -0.39 is 22.5 Å². The summed E-state index contributed by atoms with van der Waals surface area (Å²) < 4.78 is 28.5. The summed E-state index contributed by atoms with van der Waals surface area (Å²) in [6, 6.07) is 21.4. The van der Waals surface area contributed by atoms with E-state index in [1.807, 2.05) is 36.4 Å². The van der Waals surface area contributed by atoms with Gasteiger partial charge in [-0.25, -0.2) is 8.78 Å². The zero-order valence-electron chi connectivity index (χ0n) is 25.3. The molecule has 3 aromatic carbocycles. The molecule has 6 rings (SSSR count). The molecular formula is C36H40ClF2N3O2. The minimum absolute atomic E-state index is 0.0597. The third-order valence-electron chi connectivity index (χ3n) is 10.2. The number of halogens is 3. The van der Waals surface area contributed by atoms with Gasteiger partial charge in [0.05, 0.1) is 10.8 Å². The van der Waals surface area contributed by atoms with Gasteiger partial charge in [0.25, 0.3) is 0 Å². The van der Waals surface area contributed by atoms with E-state index in [-0.39, 0.29) is 17.7 Å². The molecule has 2 atom stereocenters. The lowest BCUT2D eigenvalue weighted by atomic mass is 9.71. The molecule has 5 nitrogen and oxygen atoms in total. The molecule has 0 aromatic heterocycles. The van der Waals surface area contributed by atoms with Crippen LogP contribution < -0.4 is 0 Å². The molecule has 0 spiro atoms. The van der Waals surface area contributed by atoms with Crippen molar-refractivity contribution in [2.75, 3.05) is 39.8 Å². The molecule has 3 fully saturated rings. The maximum absolute atomic E-state index is 14.5. The van der Waals surface area contributed by atoms with Crippen LogP contribution in [0.1, 0.15) is 55.2 Å². The van der Waals surface area contributed by atoms with E-state index >= 15 is 0 Å². The highest BCUT2D eigenvalue weighted by atomic mass is 35.5. The first-order valence-corrected chi connectivity index (χ1v) is 16.1. The van der Waals surface area contributed by atoms with E-state index in [1.54, 1.807) is 24.1 Å². The number of hydrogen-bond acceptors (Lipinski definition) is 3. The highest BCUT2D eigenvalue weighted by molar-refractivity contribution is 6.31. The molecule has 3 aromatic rings. The van der Waals surface area contributed by atoms with Crippen molar-refractivity contribution in [3.05, 3.63) is 106 Å². The second kappa shape index (κ2) is 12.6. The van der Waals surface area contributed by atoms with Crippen LogP contribution >= 0.6 is 11.6 Å². The van der Waals surface area contributed by atoms with Crippen LogP contribution in [0, 0.1) is 17.6 Å². The van der Waals surface area contributed by atoms with Gasteiger partial charge in [-0.05, 0) is 92.4 Å². The number of rotatable bonds is 8. The van der Waals surface area contributed by atoms with Gasteiger partial charge in [-0.1, -0.05) is 66.2 Å². The Morgan fingerprint density at radius 2 is 1.55 bits per heavy atom. The molecule has 2 saturated heterocycles. The Hall–Kier alpha value is -3.29. The van der Waals surface area contributed by atoms with Gasteiger partial charge >= 0.3 is 0 Å². The average molecular weight is 620 g/mol. The average Bonchev–Trinajstić information content (AvgIpc) is 3.78. The molecule has 2 aliphatic heterocycles. The Balaban J connectivity index is 1.21. The van der Waals surface area contributed by atoms with Gasteiger partial charge in [-0.3, -0.25) is 9.59 Å². The molecule has 8 heteroatoms. The first-order chi connectivity index (χ1) is 21.2. The first kappa shape index (κ1) is 30.7. The molecule has 0 N–H and O–H groups in total. The molecule has 2 amide bonds. The molecule has 1 saturated carbocycles. The van der Waals surface area contributed by atoms with Crippen molar-refractivity contribution in [2.45, 2.75) is 55.9 Å². The van der Waals surface area contributed by atoms with Crippen LogP contribution in [0.2, 0.25) is 5.02 Å². The Bertz CT molecular complexity index is 1500. The van der Waals surface area contributed by atoms with Crippen molar-refractivity contribution in [2.24, 2.45) is 5.92 Å². The SMILES string of the molecule is CN(Cc1ccccc1Cl)C(=O)C1(c2ccc(F)c(F)c2)CC1CN1CCC(C(=O)N2CCCCC2)(c2ccccc2)CC1. The van der Waals surface area contributed by atoms with Crippen molar-refractivity contribution in [3.63, 3.8) is 0 Å². The topological polar surface area (TPSA) is 43.9 Å². The maximum Gasteiger partial charge on any atom is 0.233 e. The summed E-state index contributed by atoms with van der Waals surface area (Å²) in [7, 11) is 1.74. The largest absolute Gasteiger partial charge is 0.342 e. The lowest BCUT2D eigenvalue weighted by Crippen LogP contribution is -2.54. The Kier molecular flexibility index (Phi) is 8.80. The first-order valence-electron chi connectivity index (χ1n) is 15.8. The lowest BCUT2D eigenvalue weighted by Gasteiger charge is -2.44. The van der Waals surface area contributed by atoms with E-state index in [2.05, 4.69) is 21.9 Å². The van der Waals surface area contributed by atoms with E-state index in [0.29, 0.717) is 42.9 Å². The van der Waals surface area contributed by atoms with Crippen LogP contribution in [0.5, 0.6) is 0 Å². The molecule has 2 unspecified atom stereocenters. The molecule has 2 heterocycles. The summed E-state index contributed by atoms with van der Waals surface area (Å²) in [6.07, 6.45) is 5.24. The van der Waals surface area contributed by atoms with Crippen molar-refractivity contribution >= 4 is 23.4 Å². The lowest BCUT2D eigenvalue weighted by molar-refractivity contribution is -0.140. The molecule has 0 bridgehead atoms. The van der Waals surface area contributed by atoms with Crippen LogP contribution in [0.3, 0.4) is 0 Å². The van der Waals surface area contributed by atoms with E-state index in [0.717, 1.165) is 56.2 Å². The minimum atomic E-state index is -0.948. The Labute approximate surface area is 263 Å². The van der Waals surface area contributed by atoms with Gasteiger partial charge in [0, 0.05) is 38.2 Å². The maximum atomic E-state index is 14.5. The number of likely N-dealkylation sites (tertiary alicyclic amines) is 2. The normalized spacial score (nSPS) is 23.3. The number of likely N-dealkylation sites (N-methyl/N-ethyl adjacent to an activating group) is 1. The number of carbonyl (C=O) groups excluding carboxylic acids is 2. The van der Waals surface area contributed by atoms with E-state index in [9.17, 15) is 18.4 Å². The van der Waals surface area contributed by atoms with Crippen LogP contribution in [0.15, 0.2) is 72.8 Å². The second-order valence-electron chi connectivity index (χ2n) is 12.9. The number of amides is 2. The summed E-state index contributed by atoms with van der Waals surface area (Å²) in [5.74, 6) is -1.82. The molecule has 232 valence electrons. The Morgan fingerprint density at radius 3 is 2.23 bits per heavy atom. The van der Waals surface area contributed by atoms with Gasteiger partial charge in [0.15, 0.2) is 11.6 Å². The zero-order valence-corrected chi connectivity index (χ0v) is 26.0. The van der Waals surface area contributed by atoms with E-state index in [1.165, 1.54) is 12.5 Å². The van der Waals surface area contributed by atoms with Gasteiger partial charge in [0.2, 0.25) is 11.8 Å². The number of carbonyl (C=O) groups is 2. The summed E-state index contributed by atoms with van der Waals surface area (Å²) in [6.45, 7) is 4.05. The molecule has 1 aliphatic carbocycles. The second-order valence-corrected chi connectivity index (χ2v) is 13.3. The number of benzene rings is 3. The number of hydrogen-bond donors (Lipinski definition) is 0. The third-order valence-corrected chi connectivity index (χ3v) is 10.6. The summed E-state index contributed by atoms with van der Waals surface area (Å²) in [4.78, 5) is 34.3. The zero-order chi connectivity index (χ0) is 30.9. The van der Waals surface area contributed by atoms with Gasteiger partial charge in [-0.2, -0.15) is 0 Å². The fourth-order valence-corrected chi connectivity index (χ4v) is 7.76. The number of nitrogens with zero attached hydrogens (tertiary/aromatic N) is 3. The number of piperidine rings is 2. The van der Waals surface area contributed by atoms with Crippen molar-refractivity contribution in [3.8, 4) is 0 Å². The fourth-order valence-electron chi connectivity index (χ4n) is 7.57. The van der Waals surface area contributed by atoms with E-state index in [4.69, 9.17) is 11.6 Å². The molecule has 3 aliphatic rings. The highest BCUT2D eigenvalue weighted by Crippen LogP contribution is 2.56. The standard InChI is InChI=1S/C36H40ClF2N3O2/c1-40(24-26-10-6-7-13-30(26)37)34(44)36(28-14-15-31(38)32(39)22-28)23-29(36)25-41-20-16-35(17-21-41,27-11-4-2-5-12-27)33(43)42-18-8-3-9-19-42/h2,4-7,10-15,22,29H,3,8-9,16-21,23-25H2,1H3. The van der Waals surface area contributed by atoms with Gasteiger partial charge in [0.1, 0.15) is 0 Å². The minimum Gasteiger partial charge on any atom is -0.342 e. The predicted octanol–water partition coefficient (Wildman–Crippen LogP) is 6.58. The van der Waals surface area contributed by atoms with Crippen molar-refractivity contribution in [1.29, 1.82) is 0 Å². The monoisotopic (exact) mass is 619 g/mol. The molecular weight excluding hydrogens is 580 g/mol. The van der Waals surface area contributed by atoms with Crippen molar-refractivity contribution in [1.82, 2.24) is 14.7 Å². The van der Waals surface area contributed by atoms with Crippen LogP contribution in [-0.4, -0.2) is 66.3 Å². The Morgan fingerprint density at radius 1 is 0.864 bits per heavy atom. The van der Waals surface area contributed by atoms with Crippen LogP contribution in [0.25, 0.3) is 0 Å². The van der Waals surface area contributed by atoms with Crippen molar-refractivity contribution < 1.29 is 18.4 Å². The fraction of sp³-hybridized carbons (Fsp3) is 0.444. The highest BCUT2D eigenvalue weighted by Gasteiger charge is 2.62. The summed E-state index contributed by atoms with van der Waals surface area (Å²) in [5, 5.41) is 0.579. The van der Waals surface area contributed by atoms with Crippen LogP contribution in [-0.2, 0) is 27.0 Å². The predicted molar refractivity (Wildman–Crippen MR) is 168 cm³/mol.